The van der Waals surface area contributed by atoms with E-state index in [0.717, 1.165) is 21.7 Å². The summed E-state index contributed by atoms with van der Waals surface area (Å²) >= 11 is 0. The Balaban J connectivity index is 2.35. The third-order valence-corrected chi connectivity index (χ3v) is 4.70. The predicted molar refractivity (Wildman–Crippen MR) is 91.9 cm³/mol. The highest BCUT2D eigenvalue weighted by Crippen LogP contribution is 2.33. The van der Waals surface area contributed by atoms with Crippen molar-refractivity contribution >= 4 is 21.4 Å². The average Bonchev–Trinajstić information content (AvgIpc) is 2.52. The lowest BCUT2D eigenvalue weighted by molar-refractivity contribution is -0.384. The van der Waals surface area contributed by atoms with Gasteiger partial charge < -0.3 is 4.74 Å². The highest BCUT2D eigenvalue weighted by molar-refractivity contribution is 7.92. The molecule has 2 aromatic carbocycles. The van der Waals surface area contributed by atoms with E-state index in [0.29, 0.717) is 0 Å². The first-order valence-corrected chi connectivity index (χ1v) is 8.94. The van der Waals surface area contributed by atoms with E-state index < -0.39 is 14.9 Å². The molecule has 8 heteroatoms. The number of aryl methyl sites for hydroxylation is 1. The van der Waals surface area contributed by atoms with Crippen molar-refractivity contribution in [2.75, 3.05) is 17.6 Å². The fraction of sp³-hybridized carbons (Fsp3) is 0.250. The van der Waals surface area contributed by atoms with Crippen molar-refractivity contribution in [3.8, 4) is 5.75 Å². The highest BCUT2D eigenvalue weighted by atomic mass is 32.2. The normalized spacial score (nSPS) is 11.1. The van der Waals surface area contributed by atoms with Gasteiger partial charge in [-0.05, 0) is 18.6 Å². The van der Waals surface area contributed by atoms with Gasteiger partial charge in [0.2, 0.25) is 10.0 Å². The van der Waals surface area contributed by atoms with Crippen molar-refractivity contribution < 1.29 is 18.1 Å². The van der Waals surface area contributed by atoms with Crippen LogP contribution in [0, 0.1) is 17.0 Å². The van der Waals surface area contributed by atoms with Crippen LogP contribution >= 0.6 is 0 Å². The molecular weight excluding hydrogens is 331 g/mol. The molecule has 128 valence electrons. The molecule has 0 aliphatic heterocycles. The van der Waals surface area contributed by atoms with E-state index in [1.165, 1.54) is 25.2 Å². The zero-order chi connectivity index (χ0) is 17.9. The number of hydrogen-bond donors (Lipinski definition) is 0. The molecule has 2 aromatic rings. The quantitative estimate of drug-likeness (QED) is 0.591. The maximum atomic E-state index is 11.8. The van der Waals surface area contributed by atoms with E-state index in [2.05, 4.69) is 0 Å². The van der Waals surface area contributed by atoms with Crippen molar-refractivity contribution in [1.82, 2.24) is 0 Å². The number of non-ortho nitro benzene ring substituents is 1. The predicted octanol–water partition coefficient (Wildman–Crippen LogP) is 2.88. The van der Waals surface area contributed by atoms with Gasteiger partial charge in [0.25, 0.3) is 5.69 Å². The van der Waals surface area contributed by atoms with Crippen LogP contribution < -0.4 is 9.04 Å². The molecule has 0 spiro atoms. The van der Waals surface area contributed by atoms with Gasteiger partial charge in [0.15, 0.2) is 5.75 Å². The van der Waals surface area contributed by atoms with Crippen molar-refractivity contribution in [2.45, 2.75) is 13.5 Å². The lowest BCUT2D eigenvalue weighted by Gasteiger charge is -2.20. The Kier molecular flexibility index (Phi) is 5.08. The summed E-state index contributed by atoms with van der Waals surface area (Å²) in [6.45, 7) is 2.14. The Bertz CT molecular complexity index is 847. The van der Waals surface area contributed by atoms with E-state index in [9.17, 15) is 18.5 Å². The van der Waals surface area contributed by atoms with E-state index in [4.69, 9.17) is 4.74 Å². The van der Waals surface area contributed by atoms with Crippen molar-refractivity contribution in [2.24, 2.45) is 0 Å². The van der Waals surface area contributed by atoms with Gasteiger partial charge in [-0.1, -0.05) is 29.8 Å². The van der Waals surface area contributed by atoms with Crippen LogP contribution in [0.4, 0.5) is 11.4 Å². The summed E-state index contributed by atoms with van der Waals surface area (Å²) < 4.78 is 30.2. The molecule has 0 fully saturated rings. The molecule has 0 bridgehead atoms. The zero-order valence-corrected chi connectivity index (χ0v) is 14.4. The monoisotopic (exact) mass is 349 g/mol. The van der Waals surface area contributed by atoms with Gasteiger partial charge in [-0.25, -0.2) is 8.42 Å². The molecule has 0 saturated carbocycles. The van der Waals surface area contributed by atoms with Crippen LogP contribution in [0.5, 0.6) is 5.75 Å². The van der Waals surface area contributed by atoms with Gasteiger partial charge in [0.1, 0.15) is 6.61 Å². The van der Waals surface area contributed by atoms with Gasteiger partial charge in [0, 0.05) is 13.1 Å². The molecule has 24 heavy (non-hydrogen) atoms. The number of nitro benzene ring substituents is 1. The highest BCUT2D eigenvalue weighted by Gasteiger charge is 2.20. The number of sulfonamides is 1. The Morgan fingerprint density at radius 1 is 1.17 bits per heavy atom. The van der Waals surface area contributed by atoms with Crippen LogP contribution in [-0.2, 0) is 16.6 Å². The molecule has 0 radical (unpaired) electrons. The molecule has 0 aromatic heterocycles. The Labute approximate surface area is 140 Å². The van der Waals surface area contributed by atoms with Gasteiger partial charge in [0.05, 0.1) is 22.9 Å². The number of anilines is 1. The minimum Gasteiger partial charge on any atom is -0.486 e. The molecule has 0 amide bonds. The fourth-order valence-electron chi connectivity index (χ4n) is 2.02. The van der Waals surface area contributed by atoms with Gasteiger partial charge in [-0.3, -0.25) is 14.4 Å². The molecule has 0 atom stereocenters. The fourth-order valence-corrected chi connectivity index (χ4v) is 2.52. The maximum Gasteiger partial charge on any atom is 0.273 e. The average molecular weight is 349 g/mol. The second-order valence-corrected chi connectivity index (χ2v) is 7.43. The van der Waals surface area contributed by atoms with Gasteiger partial charge >= 0.3 is 0 Å². The van der Waals surface area contributed by atoms with Gasteiger partial charge in [-0.2, -0.15) is 0 Å². The summed E-state index contributed by atoms with van der Waals surface area (Å²) in [5.74, 6) is 0.137. The first-order valence-electron chi connectivity index (χ1n) is 7.09. The standard InChI is InChI=1S/C16H18N2O5S/c1-12-4-6-13(7-5-12)11-23-16-10-14(18(19)20)8-9-15(16)17(2)24(3,21)22/h4-10H,11H2,1-3H3/i2-1. The van der Waals surface area contributed by atoms with Crippen LogP contribution in [-0.4, -0.2) is 26.6 Å². The first-order chi connectivity index (χ1) is 11.2. The summed E-state index contributed by atoms with van der Waals surface area (Å²) in [5, 5.41) is 11.0. The van der Waals surface area contributed by atoms with Gasteiger partial charge in [-0.15, -0.1) is 0 Å². The molecule has 0 unspecified atom stereocenters. The number of nitrogens with zero attached hydrogens (tertiary/aromatic N) is 2. The van der Waals surface area contributed by atoms with Crippen molar-refractivity contribution in [3.63, 3.8) is 0 Å². The summed E-state index contributed by atoms with van der Waals surface area (Å²) in [4.78, 5) is 10.4. The Morgan fingerprint density at radius 2 is 1.79 bits per heavy atom. The van der Waals surface area contributed by atoms with Crippen LogP contribution in [0.25, 0.3) is 0 Å². The topological polar surface area (TPSA) is 89.8 Å². The third kappa shape index (κ3) is 4.23. The molecule has 7 nitrogen and oxygen atoms in total. The molecule has 0 heterocycles. The molecule has 0 aliphatic rings. The number of hydrogen-bond acceptors (Lipinski definition) is 5. The van der Waals surface area contributed by atoms with E-state index >= 15 is 0 Å². The minimum absolute atomic E-state index is 0.137. The first kappa shape index (κ1) is 17.7. The summed E-state index contributed by atoms with van der Waals surface area (Å²) in [6, 6.07) is 11.5. The van der Waals surface area contributed by atoms with Crippen molar-refractivity contribution in [1.29, 1.82) is 0 Å². The molecular formula is C16H18N2O5S. The SMILES string of the molecule is Cc1ccc(COc2cc([N+](=O)[O-])ccc2N([11CH3])S(C)(=O)=O)cc1. The van der Waals surface area contributed by atoms with Crippen LogP contribution in [0.1, 0.15) is 11.1 Å². The van der Waals surface area contributed by atoms with E-state index in [1.807, 2.05) is 31.2 Å². The Morgan fingerprint density at radius 3 is 2.33 bits per heavy atom. The number of ether oxygens (including phenoxy) is 1. The van der Waals surface area contributed by atoms with Crippen LogP contribution in [0.2, 0.25) is 0 Å². The summed E-state index contributed by atoms with van der Waals surface area (Å²) in [5.41, 5.74) is 2.06. The maximum absolute atomic E-state index is 11.8. The largest absolute Gasteiger partial charge is 0.486 e. The second-order valence-electron chi connectivity index (χ2n) is 5.41. The van der Waals surface area contributed by atoms with Crippen LogP contribution in [0.15, 0.2) is 42.5 Å². The van der Waals surface area contributed by atoms with Crippen molar-refractivity contribution in [3.05, 3.63) is 63.7 Å². The second kappa shape index (κ2) is 6.88. The lowest BCUT2D eigenvalue weighted by Crippen LogP contribution is -2.25. The van der Waals surface area contributed by atoms with E-state index in [1.54, 1.807) is 0 Å². The number of benzene rings is 2. The smallest absolute Gasteiger partial charge is 0.273 e. The van der Waals surface area contributed by atoms with E-state index in [-0.39, 0.29) is 23.7 Å². The third-order valence-electron chi connectivity index (χ3n) is 3.51. The number of rotatable bonds is 6. The van der Waals surface area contributed by atoms with Crippen LogP contribution in [0.3, 0.4) is 0 Å². The molecule has 0 saturated heterocycles. The Hall–Kier alpha value is -2.61. The number of nitro groups is 1. The summed E-state index contributed by atoms with van der Waals surface area (Å²) in [6.07, 6.45) is 1.05. The molecule has 2 rings (SSSR count). The lowest BCUT2D eigenvalue weighted by atomic mass is 10.2. The zero-order valence-electron chi connectivity index (χ0n) is 13.6. The minimum atomic E-state index is -3.52. The summed E-state index contributed by atoms with van der Waals surface area (Å²) in [7, 11) is -2.15. The molecule has 0 N–H and O–H groups in total. The molecule has 0 aliphatic carbocycles.